The predicted octanol–water partition coefficient (Wildman–Crippen LogP) is 4.19. The van der Waals surface area contributed by atoms with Gasteiger partial charge in [0.15, 0.2) is 0 Å². The molecular weight excluding hydrogens is 182 g/mol. The van der Waals surface area contributed by atoms with Gasteiger partial charge in [-0.25, -0.2) is 0 Å². The lowest BCUT2D eigenvalue weighted by atomic mass is 9.85. The summed E-state index contributed by atoms with van der Waals surface area (Å²) in [7, 11) is 0. The first-order chi connectivity index (χ1) is 6.70. The molecular formula is C14H23N. The number of anilines is 1. The average Bonchev–Trinajstić information content (AvgIpc) is 1.99. The lowest BCUT2D eigenvalue weighted by Gasteiger charge is -2.28. The minimum atomic E-state index is 0.112. The van der Waals surface area contributed by atoms with Gasteiger partial charge in [-0.15, -0.1) is 0 Å². The smallest absolute Gasteiger partial charge is 0.0382 e. The molecule has 0 saturated carbocycles. The molecule has 0 amide bonds. The molecule has 0 spiro atoms. The molecule has 0 aliphatic heterocycles. The van der Waals surface area contributed by atoms with Gasteiger partial charge in [0, 0.05) is 11.2 Å². The van der Waals surface area contributed by atoms with Crippen LogP contribution in [-0.2, 0) is 5.41 Å². The highest BCUT2D eigenvalue weighted by Crippen LogP contribution is 2.30. The third-order valence-electron chi connectivity index (χ3n) is 2.24. The molecule has 0 bridgehead atoms. The van der Waals surface area contributed by atoms with Gasteiger partial charge in [0.05, 0.1) is 0 Å². The van der Waals surface area contributed by atoms with Gasteiger partial charge >= 0.3 is 0 Å². The Hall–Kier alpha value is -0.980. The van der Waals surface area contributed by atoms with Crippen LogP contribution in [0.5, 0.6) is 0 Å². The standard InChI is InChI=1S/C14H23N/c1-13(2,3)11-9-7-8-10-12(11)15-14(4,5)6/h7-10,15H,1-6H3. The third kappa shape index (κ3) is 3.58. The molecule has 1 rings (SSSR count). The number of hydrogen-bond donors (Lipinski definition) is 1. The molecule has 0 aliphatic rings. The van der Waals surface area contributed by atoms with Gasteiger partial charge in [-0.05, 0) is 37.8 Å². The van der Waals surface area contributed by atoms with Crippen molar-refractivity contribution in [2.24, 2.45) is 0 Å². The van der Waals surface area contributed by atoms with E-state index in [4.69, 9.17) is 0 Å². The Morgan fingerprint density at radius 3 is 1.87 bits per heavy atom. The van der Waals surface area contributed by atoms with E-state index in [9.17, 15) is 0 Å². The van der Waals surface area contributed by atoms with Crippen LogP contribution < -0.4 is 5.32 Å². The SMILES string of the molecule is CC(C)(C)Nc1ccccc1C(C)(C)C. The highest BCUT2D eigenvalue weighted by atomic mass is 15.0. The zero-order chi connectivity index (χ0) is 11.7. The van der Waals surface area contributed by atoms with E-state index in [0.29, 0.717) is 0 Å². The summed E-state index contributed by atoms with van der Waals surface area (Å²) in [4.78, 5) is 0. The van der Waals surface area contributed by atoms with E-state index in [1.54, 1.807) is 0 Å². The van der Waals surface area contributed by atoms with Gasteiger partial charge in [-0.2, -0.15) is 0 Å². The number of hydrogen-bond acceptors (Lipinski definition) is 1. The number of nitrogens with one attached hydrogen (secondary N) is 1. The van der Waals surface area contributed by atoms with Gasteiger partial charge in [0.1, 0.15) is 0 Å². The first-order valence-electron chi connectivity index (χ1n) is 5.58. The van der Waals surface area contributed by atoms with Crippen molar-refractivity contribution in [3.8, 4) is 0 Å². The molecule has 1 N–H and O–H groups in total. The molecule has 1 aromatic carbocycles. The minimum Gasteiger partial charge on any atom is -0.380 e. The normalized spacial score (nSPS) is 12.7. The van der Waals surface area contributed by atoms with Crippen molar-refractivity contribution >= 4 is 5.69 Å². The molecule has 0 fully saturated rings. The molecule has 0 atom stereocenters. The molecule has 1 aromatic rings. The van der Waals surface area contributed by atoms with E-state index in [0.717, 1.165) is 0 Å². The Morgan fingerprint density at radius 1 is 0.867 bits per heavy atom. The number of rotatable bonds is 1. The van der Waals surface area contributed by atoms with Crippen LogP contribution in [0.1, 0.15) is 47.1 Å². The summed E-state index contributed by atoms with van der Waals surface area (Å²) in [6.45, 7) is 13.3. The van der Waals surface area contributed by atoms with Gasteiger partial charge < -0.3 is 5.32 Å². The molecule has 0 radical (unpaired) electrons. The molecule has 84 valence electrons. The number of benzene rings is 1. The second-order valence-corrected chi connectivity index (χ2v) is 6.17. The van der Waals surface area contributed by atoms with Crippen LogP contribution in [0.2, 0.25) is 0 Å². The van der Waals surface area contributed by atoms with Crippen molar-refractivity contribution in [2.75, 3.05) is 5.32 Å². The van der Waals surface area contributed by atoms with Crippen LogP contribution in [0.15, 0.2) is 24.3 Å². The van der Waals surface area contributed by atoms with Crippen LogP contribution in [0.3, 0.4) is 0 Å². The zero-order valence-corrected chi connectivity index (χ0v) is 10.8. The maximum absolute atomic E-state index is 3.56. The van der Waals surface area contributed by atoms with E-state index >= 15 is 0 Å². The highest BCUT2D eigenvalue weighted by Gasteiger charge is 2.19. The van der Waals surface area contributed by atoms with E-state index in [2.05, 4.69) is 71.1 Å². The molecule has 0 aliphatic carbocycles. The largest absolute Gasteiger partial charge is 0.380 e. The Bertz CT molecular complexity index is 326. The fraction of sp³-hybridized carbons (Fsp3) is 0.571. The van der Waals surface area contributed by atoms with Gasteiger partial charge in [-0.1, -0.05) is 39.0 Å². The predicted molar refractivity (Wildman–Crippen MR) is 68.5 cm³/mol. The van der Waals surface area contributed by atoms with Crippen LogP contribution in [0, 0.1) is 0 Å². The Labute approximate surface area is 93.9 Å². The van der Waals surface area contributed by atoms with Crippen molar-refractivity contribution in [2.45, 2.75) is 52.5 Å². The summed E-state index contributed by atoms with van der Waals surface area (Å²) in [5.74, 6) is 0. The van der Waals surface area contributed by atoms with Crippen molar-refractivity contribution in [1.82, 2.24) is 0 Å². The van der Waals surface area contributed by atoms with Crippen LogP contribution in [0.4, 0.5) is 5.69 Å². The Kier molecular flexibility index (Phi) is 3.13. The van der Waals surface area contributed by atoms with Gasteiger partial charge in [0.2, 0.25) is 0 Å². The molecule has 0 heterocycles. The third-order valence-corrected chi connectivity index (χ3v) is 2.24. The molecule has 1 heteroatoms. The van der Waals surface area contributed by atoms with E-state index in [1.807, 2.05) is 0 Å². The average molecular weight is 205 g/mol. The fourth-order valence-electron chi connectivity index (χ4n) is 1.65. The van der Waals surface area contributed by atoms with Crippen molar-refractivity contribution in [3.05, 3.63) is 29.8 Å². The second kappa shape index (κ2) is 3.88. The topological polar surface area (TPSA) is 12.0 Å². The van der Waals surface area contributed by atoms with Crippen LogP contribution in [0.25, 0.3) is 0 Å². The van der Waals surface area contributed by atoms with E-state index < -0.39 is 0 Å². The van der Waals surface area contributed by atoms with Crippen molar-refractivity contribution < 1.29 is 0 Å². The maximum atomic E-state index is 3.56. The fourth-order valence-corrected chi connectivity index (χ4v) is 1.65. The summed E-state index contributed by atoms with van der Waals surface area (Å²) in [6.07, 6.45) is 0. The first-order valence-corrected chi connectivity index (χ1v) is 5.58. The summed E-state index contributed by atoms with van der Waals surface area (Å²) in [5, 5.41) is 3.56. The maximum Gasteiger partial charge on any atom is 0.0382 e. The minimum absolute atomic E-state index is 0.112. The van der Waals surface area contributed by atoms with Crippen molar-refractivity contribution in [1.29, 1.82) is 0 Å². The molecule has 15 heavy (non-hydrogen) atoms. The summed E-state index contributed by atoms with van der Waals surface area (Å²) in [5.41, 5.74) is 2.92. The molecule has 0 saturated heterocycles. The molecule has 0 unspecified atom stereocenters. The Morgan fingerprint density at radius 2 is 1.40 bits per heavy atom. The highest BCUT2D eigenvalue weighted by molar-refractivity contribution is 5.55. The lowest BCUT2D eigenvalue weighted by molar-refractivity contribution is 0.582. The first kappa shape index (κ1) is 12.1. The summed E-state index contributed by atoms with van der Waals surface area (Å²) in [6, 6.07) is 8.55. The van der Waals surface area contributed by atoms with Gasteiger partial charge in [-0.3, -0.25) is 0 Å². The van der Waals surface area contributed by atoms with Crippen LogP contribution >= 0.6 is 0 Å². The zero-order valence-electron chi connectivity index (χ0n) is 10.8. The second-order valence-electron chi connectivity index (χ2n) is 6.17. The molecule has 1 nitrogen and oxygen atoms in total. The van der Waals surface area contributed by atoms with E-state index in [-0.39, 0.29) is 11.0 Å². The quantitative estimate of drug-likeness (QED) is 0.724. The van der Waals surface area contributed by atoms with E-state index in [1.165, 1.54) is 11.3 Å². The Balaban J connectivity index is 3.08. The monoisotopic (exact) mass is 205 g/mol. The molecule has 0 aromatic heterocycles. The van der Waals surface area contributed by atoms with Gasteiger partial charge in [0.25, 0.3) is 0 Å². The lowest BCUT2D eigenvalue weighted by Crippen LogP contribution is -2.28. The number of para-hydroxylation sites is 1. The summed E-state index contributed by atoms with van der Waals surface area (Å²) >= 11 is 0. The van der Waals surface area contributed by atoms with Crippen molar-refractivity contribution in [3.63, 3.8) is 0 Å². The van der Waals surface area contributed by atoms with Crippen LogP contribution in [-0.4, -0.2) is 5.54 Å². The summed E-state index contributed by atoms with van der Waals surface area (Å²) < 4.78 is 0.